The first-order valence-corrected chi connectivity index (χ1v) is 6.09. The fraction of sp³-hybridized carbons (Fsp3) is 0.429. The number of carbonyl (C=O) groups excluding carboxylic acids is 1. The van der Waals surface area contributed by atoms with Crippen molar-refractivity contribution < 1.29 is 9.53 Å². The van der Waals surface area contributed by atoms with Crippen molar-refractivity contribution in [1.82, 2.24) is 4.98 Å². The number of nitrogens with two attached hydrogens (primary N) is 1. The number of fused-ring (bicyclic) bond motifs is 4. The summed E-state index contributed by atoms with van der Waals surface area (Å²) in [6.45, 7) is 4.01. The van der Waals surface area contributed by atoms with Crippen LogP contribution in [0.4, 0.5) is 0 Å². The number of methoxy groups -OCH3 is 1. The number of ketones is 1. The van der Waals surface area contributed by atoms with Gasteiger partial charge in [0.2, 0.25) is 5.88 Å². The fourth-order valence-corrected chi connectivity index (χ4v) is 3.14. The molecule has 0 radical (unpaired) electrons. The summed E-state index contributed by atoms with van der Waals surface area (Å²) in [7, 11) is 1.59. The van der Waals surface area contributed by atoms with Gasteiger partial charge >= 0.3 is 0 Å². The van der Waals surface area contributed by atoms with E-state index in [-0.39, 0.29) is 11.7 Å². The third-order valence-electron chi connectivity index (χ3n) is 3.95. The highest BCUT2D eigenvalue weighted by Gasteiger charge is 2.49. The highest BCUT2D eigenvalue weighted by Crippen LogP contribution is 2.44. The fourth-order valence-electron chi connectivity index (χ4n) is 3.14. The summed E-state index contributed by atoms with van der Waals surface area (Å²) in [5.74, 6) is 0.640. The minimum atomic E-state index is -0.924. The molecule has 1 saturated carbocycles. The molecule has 94 valence electrons. The summed E-state index contributed by atoms with van der Waals surface area (Å²) >= 11 is 0. The Kier molecular flexibility index (Phi) is 2.32. The summed E-state index contributed by atoms with van der Waals surface area (Å²) in [6.07, 6.45) is 1.91. The van der Waals surface area contributed by atoms with Crippen LogP contribution in [-0.4, -0.2) is 17.9 Å². The molecule has 3 rings (SSSR count). The Labute approximate surface area is 106 Å². The lowest BCUT2D eigenvalue weighted by atomic mass is 9.64. The predicted octanol–water partition coefficient (Wildman–Crippen LogP) is 1.34. The van der Waals surface area contributed by atoms with E-state index < -0.39 is 5.54 Å². The zero-order valence-electron chi connectivity index (χ0n) is 10.4. The summed E-state index contributed by atoms with van der Waals surface area (Å²) < 4.78 is 5.13. The molecule has 2 aliphatic carbocycles. The maximum absolute atomic E-state index is 12.4. The number of ether oxygens (including phenoxy) is 1. The molecule has 2 aliphatic rings. The quantitative estimate of drug-likeness (QED) is 0.757. The zero-order valence-corrected chi connectivity index (χ0v) is 10.4. The summed E-state index contributed by atoms with van der Waals surface area (Å²) in [6, 6.07) is 3.63. The molecule has 1 heterocycles. The van der Waals surface area contributed by atoms with Gasteiger partial charge in [-0.05, 0) is 18.9 Å². The van der Waals surface area contributed by atoms with Crippen LogP contribution in [0.3, 0.4) is 0 Å². The van der Waals surface area contributed by atoms with Crippen molar-refractivity contribution in [2.24, 2.45) is 11.7 Å². The Balaban J connectivity index is 2.17. The molecule has 2 atom stereocenters. The molecule has 0 saturated heterocycles. The van der Waals surface area contributed by atoms with Gasteiger partial charge in [-0.3, -0.25) is 4.79 Å². The summed E-state index contributed by atoms with van der Waals surface area (Å²) in [5.41, 5.74) is 8.22. The molecule has 18 heavy (non-hydrogen) atoms. The molecule has 0 spiro atoms. The minimum absolute atomic E-state index is 0.0663. The van der Waals surface area contributed by atoms with Crippen LogP contribution in [-0.2, 0) is 16.8 Å². The molecule has 2 N–H and O–H groups in total. The van der Waals surface area contributed by atoms with Crippen molar-refractivity contribution >= 4 is 5.78 Å². The van der Waals surface area contributed by atoms with Crippen LogP contribution in [0.1, 0.15) is 24.1 Å². The van der Waals surface area contributed by atoms with Gasteiger partial charge in [-0.1, -0.05) is 12.2 Å². The Morgan fingerprint density at radius 2 is 2.28 bits per heavy atom. The predicted molar refractivity (Wildman–Crippen MR) is 67.2 cm³/mol. The molecular formula is C14H16N2O2. The van der Waals surface area contributed by atoms with E-state index in [1.54, 1.807) is 13.2 Å². The molecule has 4 nitrogen and oxygen atoms in total. The van der Waals surface area contributed by atoms with Crippen molar-refractivity contribution in [1.29, 1.82) is 0 Å². The monoisotopic (exact) mass is 244 g/mol. The Hall–Kier alpha value is -1.68. The molecule has 1 fully saturated rings. The molecule has 2 bridgehead atoms. The van der Waals surface area contributed by atoms with E-state index in [1.165, 1.54) is 0 Å². The van der Waals surface area contributed by atoms with Gasteiger partial charge in [0.05, 0.1) is 12.8 Å². The lowest BCUT2D eigenvalue weighted by Crippen LogP contribution is -2.55. The first kappa shape index (κ1) is 11.4. The maximum Gasteiger partial charge on any atom is 0.213 e. The number of pyridine rings is 1. The second-order valence-corrected chi connectivity index (χ2v) is 5.22. The van der Waals surface area contributed by atoms with E-state index in [0.29, 0.717) is 18.7 Å². The number of Topliss-reactive ketones (excluding diaryl/α,β-unsaturated/α-hetero) is 1. The molecule has 1 aromatic rings. The smallest absolute Gasteiger partial charge is 0.213 e. The summed E-state index contributed by atoms with van der Waals surface area (Å²) in [5, 5.41) is 0. The van der Waals surface area contributed by atoms with Gasteiger partial charge in [-0.25, -0.2) is 4.98 Å². The van der Waals surface area contributed by atoms with Crippen molar-refractivity contribution in [3.8, 4) is 5.88 Å². The zero-order chi connectivity index (χ0) is 12.9. The number of aromatic nitrogens is 1. The highest BCUT2D eigenvalue weighted by molar-refractivity contribution is 5.95. The minimum Gasteiger partial charge on any atom is -0.481 e. The van der Waals surface area contributed by atoms with Crippen molar-refractivity contribution in [2.75, 3.05) is 7.11 Å². The molecule has 0 amide bonds. The van der Waals surface area contributed by atoms with Crippen LogP contribution in [0.25, 0.3) is 0 Å². The van der Waals surface area contributed by atoms with E-state index in [0.717, 1.165) is 23.3 Å². The number of hydrogen-bond acceptors (Lipinski definition) is 4. The van der Waals surface area contributed by atoms with Crippen molar-refractivity contribution in [3.63, 3.8) is 0 Å². The normalized spacial score (nSPS) is 30.0. The molecule has 1 aromatic heterocycles. The van der Waals surface area contributed by atoms with Crippen LogP contribution >= 0.6 is 0 Å². The summed E-state index contributed by atoms with van der Waals surface area (Å²) in [4.78, 5) is 16.8. The number of nitrogens with zero attached hydrogens (tertiary/aromatic N) is 1. The lowest BCUT2D eigenvalue weighted by Gasteiger charge is -2.42. The van der Waals surface area contributed by atoms with E-state index in [9.17, 15) is 4.79 Å². The van der Waals surface area contributed by atoms with Gasteiger partial charge in [0.15, 0.2) is 5.78 Å². The average Bonchev–Trinajstić information content (AvgIpc) is 2.33. The number of carbonyl (C=O) groups is 1. The SMILES string of the molecule is C=C1CC2Cc3nc(OC)ccc3C(N)(C1)C2=O. The lowest BCUT2D eigenvalue weighted by molar-refractivity contribution is -0.130. The van der Waals surface area contributed by atoms with Crippen molar-refractivity contribution in [2.45, 2.75) is 24.8 Å². The molecular weight excluding hydrogens is 228 g/mol. The number of rotatable bonds is 1. The molecule has 4 heteroatoms. The van der Waals surface area contributed by atoms with E-state index >= 15 is 0 Å². The van der Waals surface area contributed by atoms with Crippen LogP contribution in [0, 0.1) is 5.92 Å². The van der Waals surface area contributed by atoms with Crippen molar-refractivity contribution in [3.05, 3.63) is 35.5 Å². The Morgan fingerprint density at radius 1 is 1.50 bits per heavy atom. The molecule has 2 unspecified atom stereocenters. The van der Waals surface area contributed by atoms with Crippen LogP contribution in [0.2, 0.25) is 0 Å². The van der Waals surface area contributed by atoms with Crippen LogP contribution in [0.5, 0.6) is 5.88 Å². The van der Waals surface area contributed by atoms with Gasteiger partial charge in [0, 0.05) is 24.0 Å². The first-order chi connectivity index (χ1) is 8.54. The standard InChI is InChI=1S/C14H16N2O2/c1-8-5-9-6-11-10(3-4-12(16-11)18-2)14(15,7-8)13(9)17/h3-4,9H,1,5-7,15H2,2H3. The largest absolute Gasteiger partial charge is 0.481 e. The van der Waals surface area contributed by atoms with Gasteiger partial charge in [-0.15, -0.1) is 0 Å². The third kappa shape index (κ3) is 1.42. The third-order valence-corrected chi connectivity index (χ3v) is 3.95. The van der Waals surface area contributed by atoms with E-state index in [1.807, 2.05) is 6.07 Å². The van der Waals surface area contributed by atoms with Crippen LogP contribution < -0.4 is 10.5 Å². The van der Waals surface area contributed by atoms with Crippen LogP contribution in [0.15, 0.2) is 24.3 Å². The second kappa shape index (κ2) is 3.65. The average molecular weight is 244 g/mol. The topological polar surface area (TPSA) is 65.2 Å². The second-order valence-electron chi connectivity index (χ2n) is 5.22. The van der Waals surface area contributed by atoms with E-state index in [2.05, 4.69) is 11.6 Å². The van der Waals surface area contributed by atoms with E-state index in [4.69, 9.17) is 10.5 Å². The molecule has 0 aromatic carbocycles. The van der Waals surface area contributed by atoms with Gasteiger partial charge in [0.1, 0.15) is 5.54 Å². The maximum atomic E-state index is 12.4. The Bertz CT molecular complexity index is 553. The van der Waals surface area contributed by atoms with Gasteiger partial charge < -0.3 is 10.5 Å². The number of hydrogen-bond donors (Lipinski definition) is 1. The first-order valence-electron chi connectivity index (χ1n) is 6.09. The highest BCUT2D eigenvalue weighted by atomic mass is 16.5. The molecule has 0 aliphatic heterocycles. The van der Waals surface area contributed by atoms with Gasteiger partial charge in [0.25, 0.3) is 0 Å². The van der Waals surface area contributed by atoms with Gasteiger partial charge in [-0.2, -0.15) is 0 Å². The Morgan fingerprint density at radius 3 is 3.00 bits per heavy atom.